The van der Waals surface area contributed by atoms with Gasteiger partial charge in [0.2, 0.25) is 0 Å². The van der Waals surface area contributed by atoms with Gasteiger partial charge in [-0.15, -0.1) is 0 Å². The number of rotatable bonds is 1. The van der Waals surface area contributed by atoms with Crippen LogP contribution in [0.1, 0.15) is 13.8 Å². The topological polar surface area (TPSA) is 49.8 Å². The van der Waals surface area contributed by atoms with Crippen LogP contribution in [0.3, 0.4) is 0 Å². The van der Waals surface area contributed by atoms with Crippen molar-refractivity contribution in [3.05, 3.63) is 11.6 Å². The number of ether oxygens (including phenoxy) is 1. The van der Waals surface area contributed by atoms with E-state index in [9.17, 15) is 9.90 Å². The maximum absolute atomic E-state index is 11.4. The predicted octanol–water partition coefficient (Wildman–Crippen LogP) is 1.01. The molecule has 4 heteroatoms. The van der Waals surface area contributed by atoms with Gasteiger partial charge >= 0.3 is 6.09 Å². The highest BCUT2D eigenvalue weighted by molar-refractivity contribution is 5.69. The number of aliphatic hydroxyl groups excluding tert-OH is 1. The number of nitrogens with zero attached hydrogens (tertiary/aromatic N) is 1. The average Bonchev–Trinajstić information content (AvgIpc) is 2.53. The van der Waals surface area contributed by atoms with Crippen LogP contribution in [-0.4, -0.2) is 42.4 Å². The summed E-state index contributed by atoms with van der Waals surface area (Å²) >= 11 is 0. The Morgan fingerprint density at radius 2 is 2.43 bits per heavy atom. The van der Waals surface area contributed by atoms with E-state index in [4.69, 9.17) is 0 Å². The fraction of sp³-hybridized carbons (Fsp3) is 0.700. The van der Waals surface area contributed by atoms with E-state index in [0.29, 0.717) is 6.54 Å². The lowest BCUT2D eigenvalue weighted by Crippen LogP contribution is -2.39. The molecule has 2 atom stereocenters. The van der Waals surface area contributed by atoms with Gasteiger partial charge in [-0.05, 0) is 6.92 Å². The molecule has 0 aromatic rings. The van der Waals surface area contributed by atoms with Crippen molar-refractivity contribution in [2.75, 3.05) is 20.3 Å². The quantitative estimate of drug-likeness (QED) is 0.641. The molecule has 0 unspecified atom stereocenters. The first-order chi connectivity index (χ1) is 6.65. The van der Waals surface area contributed by atoms with Gasteiger partial charge in [0.1, 0.15) is 0 Å². The van der Waals surface area contributed by atoms with Crippen LogP contribution in [0, 0.1) is 5.92 Å². The van der Waals surface area contributed by atoms with Gasteiger partial charge in [0.05, 0.1) is 19.8 Å². The Bertz CT molecular complexity index is 250. The van der Waals surface area contributed by atoms with Crippen LogP contribution >= 0.6 is 0 Å². The molecule has 0 saturated carbocycles. The van der Waals surface area contributed by atoms with Crippen molar-refractivity contribution < 1.29 is 14.6 Å². The van der Waals surface area contributed by atoms with Crippen molar-refractivity contribution in [2.45, 2.75) is 19.9 Å². The number of hydrogen-bond acceptors (Lipinski definition) is 3. The van der Waals surface area contributed by atoms with Crippen LogP contribution < -0.4 is 0 Å². The normalized spacial score (nSPS) is 29.7. The molecule has 0 radical (unpaired) electrons. The largest absolute Gasteiger partial charge is 0.453 e. The Balaban J connectivity index is 2.83. The van der Waals surface area contributed by atoms with E-state index in [0.717, 1.165) is 0 Å². The fourth-order valence-electron chi connectivity index (χ4n) is 1.90. The summed E-state index contributed by atoms with van der Waals surface area (Å²) in [6, 6.07) is -0.145. The van der Waals surface area contributed by atoms with E-state index in [1.807, 2.05) is 19.9 Å². The van der Waals surface area contributed by atoms with Crippen LogP contribution in [0.5, 0.6) is 0 Å². The zero-order valence-electron chi connectivity index (χ0n) is 8.86. The maximum Gasteiger partial charge on any atom is 0.410 e. The molecule has 80 valence electrons. The highest BCUT2D eigenvalue weighted by Crippen LogP contribution is 2.28. The number of allylic oxidation sites excluding steroid dienone is 1. The Hall–Kier alpha value is -1.03. The highest BCUT2D eigenvalue weighted by Gasteiger charge is 2.37. The smallest absolute Gasteiger partial charge is 0.410 e. The number of methoxy groups -OCH3 is 1. The number of carbonyl (C=O) groups is 1. The standard InChI is InChI=1S/C10H17NO3/c1-4-8-5-11(10(13)14-3)9(6-12)7(8)2/h4,7,9,12H,5-6H2,1-3H3/b8-4+/t7-,9+/m1/s1. The Kier molecular flexibility index (Phi) is 3.52. The van der Waals surface area contributed by atoms with Gasteiger partial charge in [0.15, 0.2) is 0 Å². The third-order valence-corrected chi connectivity index (χ3v) is 2.88. The third-order valence-electron chi connectivity index (χ3n) is 2.88. The number of aliphatic hydroxyl groups is 1. The van der Waals surface area contributed by atoms with Gasteiger partial charge in [-0.25, -0.2) is 4.79 Å². The molecule has 1 saturated heterocycles. The zero-order valence-corrected chi connectivity index (χ0v) is 8.86. The molecular formula is C10H17NO3. The Labute approximate surface area is 84.2 Å². The molecule has 4 nitrogen and oxygen atoms in total. The molecule has 1 heterocycles. The monoisotopic (exact) mass is 199 g/mol. The predicted molar refractivity (Wildman–Crippen MR) is 52.9 cm³/mol. The van der Waals surface area contributed by atoms with E-state index in [1.54, 1.807) is 4.90 Å². The lowest BCUT2D eigenvalue weighted by atomic mass is 9.99. The Morgan fingerprint density at radius 3 is 2.86 bits per heavy atom. The second-order valence-corrected chi connectivity index (χ2v) is 3.50. The minimum atomic E-state index is -0.368. The van der Waals surface area contributed by atoms with Crippen LogP contribution in [0.15, 0.2) is 11.6 Å². The molecule has 14 heavy (non-hydrogen) atoms. The van der Waals surface area contributed by atoms with Crippen molar-refractivity contribution in [1.29, 1.82) is 0 Å². The summed E-state index contributed by atoms with van der Waals surface area (Å²) < 4.78 is 4.66. The summed E-state index contributed by atoms with van der Waals surface area (Å²) in [4.78, 5) is 12.9. The van der Waals surface area contributed by atoms with Gasteiger partial charge in [0.25, 0.3) is 0 Å². The van der Waals surface area contributed by atoms with Gasteiger partial charge in [0, 0.05) is 12.5 Å². The van der Waals surface area contributed by atoms with Gasteiger partial charge in [-0.2, -0.15) is 0 Å². The lowest BCUT2D eigenvalue weighted by Gasteiger charge is -2.22. The highest BCUT2D eigenvalue weighted by atomic mass is 16.5. The van der Waals surface area contributed by atoms with E-state index in [1.165, 1.54) is 12.7 Å². The SMILES string of the molecule is C/C=C1\CN(C(=O)OC)[C@@H](CO)[C@@H]1C. The van der Waals surface area contributed by atoms with Crippen LogP contribution in [-0.2, 0) is 4.74 Å². The molecule has 0 aliphatic carbocycles. The fourth-order valence-corrected chi connectivity index (χ4v) is 1.90. The van der Waals surface area contributed by atoms with Crippen LogP contribution in [0.4, 0.5) is 4.79 Å². The number of amides is 1. The number of carbonyl (C=O) groups excluding carboxylic acids is 1. The van der Waals surface area contributed by atoms with Crippen molar-refractivity contribution in [2.24, 2.45) is 5.92 Å². The third kappa shape index (κ3) is 1.75. The minimum absolute atomic E-state index is 0.0202. The molecule has 0 bridgehead atoms. The molecule has 1 aliphatic heterocycles. The average molecular weight is 199 g/mol. The second kappa shape index (κ2) is 4.46. The van der Waals surface area contributed by atoms with E-state index >= 15 is 0 Å². The Morgan fingerprint density at radius 1 is 1.79 bits per heavy atom. The maximum atomic E-state index is 11.4. The molecular weight excluding hydrogens is 182 g/mol. The minimum Gasteiger partial charge on any atom is -0.453 e. The summed E-state index contributed by atoms with van der Waals surface area (Å²) in [5.74, 6) is 0.212. The van der Waals surface area contributed by atoms with E-state index in [2.05, 4.69) is 4.74 Å². The van der Waals surface area contributed by atoms with Crippen molar-refractivity contribution in [1.82, 2.24) is 4.90 Å². The first-order valence-corrected chi connectivity index (χ1v) is 4.76. The summed E-state index contributed by atoms with van der Waals surface area (Å²) in [6.07, 6.45) is 1.63. The molecule has 0 aromatic heterocycles. The van der Waals surface area contributed by atoms with Gasteiger partial charge in [-0.3, -0.25) is 4.90 Å². The summed E-state index contributed by atoms with van der Waals surface area (Å²) in [5, 5.41) is 9.19. The van der Waals surface area contributed by atoms with Crippen molar-refractivity contribution in [3.8, 4) is 0 Å². The first kappa shape index (κ1) is 11.0. The van der Waals surface area contributed by atoms with E-state index in [-0.39, 0.29) is 24.7 Å². The van der Waals surface area contributed by atoms with Gasteiger partial charge < -0.3 is 9.84 Å². The molecule has 1 rings (SSSR count). The molecule has 1 aliphatic rings. The first-order valence-electron chi connectivity index (χ1n) is 4.76. The summed E-state index contributed by atoms with van der Waals surface area (Å²) in [7, 11) is 1.36. The summed E-state index contributed by atoms with van der Waals surface area (Å²) in [5.41, 5.74) is 1.18. The lowest BCUT2D eigenvalue weighted by molar-refractivity contribution is 0.0940. The van der Waals surface area contributed by atoms with Crippen molar-refractivity contribution in [3.63, 3.8) is 0 Å². The zero-order chi connectivity index (χ0) is 10.7. The number of likely N-dealkylation sites (tertiary alicyclic amines) is 1. The van der Waals surface area contributed by atoms with Gasteiger partial charge in [-0.1, -0.05) is 18.6 Å². The number of hydrogen-bond donors (Lipinski definition) is 1. The van der Waals surface area contributed by atoms with E-state index < -0.39 is 0 Å². The second-order valence-electron chi connectivity index (χ2n) is 3.50. The van der Waals surface area contributed by atoms with Crippen LogP contribution in [0.25, 0.3) is 0 Å². The molecule has 1 N–H and O–H groups in total. The molecule has 1 amide bonds. The van der Waals surface area contributed by atoms with Crippen molar-refractivity contribution >= 4 is 6.09 Å². The molecule has 1 fully saturated rings. The molecule has 0 spiro atoms. The summed E-state index contributed by atoms with van der Waals surface area (Å²) in [6.45, 7) is 4.50. The van der Waals surface area contributed by atoms with Crippen LogP contribution in [0.2, 0.25) is 0 Å². The molecule has 0 aromatic carbocycles.